The van der Waals surface area contributed by atoms with E-state index >= 15 is 0 Å². The fourth-order valence-electron chi connectivity index (χ4n) is 4.77. The summed E-state index contributed by atoms with van der Waals surface area (Å²) in [6, 6.07) is 11.4. The van der Waals surface area contributed by atoms with Crippen LogP contribution in [0.5, 0.6) is 0 Å². The summed E-state index contributed by atoms with van der Waals surface area (Å²) in [4.78, 5) is 28.3. The normalized spacial score (nSPS) is 20.0. The Morgan fingerprint density at radius 2 is 2.00 bits per heavy atom. The Balaban J connectivity index is 1.64. The molecule has 170 valence electrons. The Hall–Kier alpha value is -3.16. The van der Waals surface area contributed by atoms with Gasteiger partial charge in [-0.2, -0.15) is 0 Å². The molecule has 1 amide bonds. The molecular weight excluding hydrogens is 411 g/mol. The number of hydrogen-bond donors (Lipinski definition) is 1. The van der Waals surface area contributed by atoms with Crippen LogP contribution in [0.2, 0.25) is 0 Å². The van der Waals surface area contributed by atoms with Crippen LogP contribution >= 0.6 is 0 Å². The molecule has 7 nitrogen and oxygen atoms in total. The number of hydrogen-bond acceptors (Lipinski definition) is 5. The number of carbonyl (C=O) groups excluding carboxylic acids is 1. The minimum absolute atomic E-state index is 0.0335. The molecule has 0 aliphatic carbocycles. The van der Waals surface area contributed by atoms with Crippen LogP contribution in [0.4, 0.5) is 21.5 Å². The highest BCUT2D eigenvalue weighted by atomic mass is 19.1. The number of non-ortho nitro benzene ring substituents is 1. The number of benzene rings is 2. The van der Waals surface area contributed by atoms with Crippen LogP contribution in [0.3, 0.4) is 0 Å². The third-order valence-electron chi connectivity index (χ3n) is 6.46. The molecule has 0 spiro atoms. The molecule has 4 rings (SSSR count). The summed E-state index contributed by atoms with van der Waals surface area (Å²) in [5.41, 5.74) is 2.32. The first-order valence-corrected chi connectivity index (χ1v) is 11.2. The zero-order chi connectivity index (χ0) is 22.8. The first-order valence-electron chi connectivity index (χ1n) is 11.2. The molecule has 1 saturated heterocycles. The second-order valence-electron chi connectivity index (χ2n) is 9.01. The fourth-order valence-corrected chi connectivity index (χ4v) is 4.77. The van der Waals surface area contributed by atoms with Crippen LogP contribution in [-0.2, 0) is 11.2 Å². The maximum absolute atomic E-state index is 14.5. The van der Waals surface area contributed by atoms with E-state index < -0.39 is 4.92 Å². The van der Waals surface area contributed by atoms with Crippen LogP contribution in [0, 0.1) is 27.8 Å². The Labute approximate surface area is 187 Å². The first-order chi connectivity index (χ1) is 15.3. The summed E-state index contributed by atoms with van der Waals surface area (Å²) in [5.74, 6) is -0.210. The predicted molar refractivity (Wildman–Crippen MR) is 123 cm³/mol. The van der Waals surface area contributed by atoms with Crippen LogP contribution in [0.1, 0.15) is 25.8 Å². The van der Waals surface area contributed by atoms with E-state index in [9.17, 15) is 19.3 Å². The van der Waals surface area contributed by atoms with Crippen LogP contribution in [0.15, 0.2) is 42.5 Å². The number of piperazine rings is 1. The van der Waals surface area contributed by atoms with Gasteiger partial charge in [-0.15, -0.1) is 0 Å². The minimum Gasteiger partial charge on any atom is -0.365 e. The van der Waals surface area contributed by atoms with Crippen LogP contribution < -0.4 is 15.1 Å². The van der Waals surface area contributed by atoms with E-state index in [0.29, 0.717) is 44.2 Å². The average Bonchev–Trinajstić information content (AvgIpc) is 2.77. The van der Waals surface area contributed by atoms with Gasteiger partial charge in [-0.3, -0.25) is 14.9 Å². The second-order valence-corrected chi connectivity index (χ2v) is 9.01. The number of amides is 1. The molecule has 0 aromatic heterocycles. The summed E-state index contributed by atoms with van der Waals surface area (Å²) < 4.78 is 14.5. The molecule has 0 unspecified atom stereocenters. The summed E-state index contributed by atoms with van der Waals surface area (Å²) >= 11 is 0. The molecule has 2 aliphatic heterocycles. The molecule has 8 heteroatoms. The number of nitrogens with one attached hydrogen (secondary N) is 1. The standard InChI is InChI=1S/C24H29FN4O3/c1-16(2)9-10-26-24(30)19-14-17-13-18(29(31)32)7-8-21(17)28-12-11-27(15-23(19)28)22-6-4-3-5-20(22)25/h3-8,13,16,19,23H,9-12,14-15H2,1-2H3,(H,26,30)/t19-,23-/m0/s1. The lowest BCUT2D eigenvalue weighted by Crippen LogP contribution is -2.61. The number of carbonyl (C=O) groups is 1. The molecule has 1 N–H and O–H groups in total. The molecular formula is C24H29FN4O3. The van der Waals surface area contributed by atoms with Crippen molar-refractivity contribution in [1.82, 2.24) is 5.32 Å². The zero-order valence-electron chi connectivity index (χ0n) is 18.5. The lowest BCUT2D eigenvalue weighted by atomic mass is 9.83. The summed E-state index contributed by atoms with van der Waals surface area (Å²) in [6.45, 7) is 6.54. The molecule has 1 fully saturated rings. The highest BCUT2D eigenvalue weighted by molar-refractivity contribution is 5.82. The zero-order valence-corrected chi connectivity index (χ0v) is 18.5. The highest BCUT2D eigenvalue weighted by Crippen LogP contribution is 2.38. The number of para-hydroxylation sites is 1. The topological polar surface area (TPSA) is 78.7 Å². The van der Waals surface area contributed by atoms with Gasteiger partial charge in [0.1, 0.15) is 5.82 Å². The molecule has 0 bridgehead atoms. The smallest absolute Gasteiger partial charge is 0.269 e. The van der Waals surface area contributed by atoms with Crippen LogP contribution in [-0.4, -0.2) is 43.1 Å². The van der Waals surface area contributed by atoms with E-state index in [4.69, 9.17) is 0 Å². The van der Waals surface area contributed by atoms with E-state index in [1.807, 2.05) is 11.0 Å². The molecule has 32 heavy (non-hydrogen) atoms. The van der Waals surface area contributed by atoms with E-state index in [0.717, 1.165) is 17.7 Å². The van der Waals surface area contributed by atoms with Crippen molar-refractivity contribution in [3.05, 3.63) is 64.0 Å². The van der Waals surface area contributed by atoms with E-state index in [1.54, 1.807) is 24.3 Å². The van der Waals surface area contributed by atoms with Gasteiger partial charge in [-0.05, 0) is 42.5 Å². The summed E-state index contributed by atoms with van der Waals surface area (Å²) in [5, 5.41) is 14.4. The van der Waals surface area contributed by atoms with Gasteiger partial charge in [-0.1, -0.05) is 26.0 Å². The first kappa shape index (κ1) is 22.0. The largest absolute Gasteiger partial charge is 0.365 e. The molecule has 2 aliphatic rings. The number of nitro benzene ring substituents is 1. The Bertz CT molecular complexity index is 1010. The Morgan fingerprint density at radius 3 is 2.72 bits per heavy atom. The van der Waals surface area contributed by atoms with Gasteiger partial charge >= 0.3 is 0 Å². The van der Waals surface area contributed by atoms with Crippen molar-refractivity contribution in [1.29, 1.82) is 0 Å². The van der Waals surface area contributed by atoms with Crippen LogP contribution in [0.25, 0.3) is 0 Å². The van der Waals surface area contributed by atoms with Crippen molar-refractivity contribution < 1.29 is 14.1 Å². The monoisotopic (exact) mass is 440 g/mol. The molecule has 2 aromatic carbocycles. The average molecular weight is 441 g/mol. The van der Waals surface area contributed by atoms with Gasteiger partial charge in [-0.25, -0.2) is 4.39 Å². The third kappa shape index (κ3) is 4.40. The summed E-state index contributed by atoms with van der Waals surface area (Å²) in [7, 11) is 0. The SMILES string of the molecule is CC(C)CCNC(=O)[C@H]1Cc2cc([N+](=O)[O-])ccc2N2CCN(c3ccccc3F)C[C@@H]12. The van der Waals surface area contributed by atoms with E-state index in [1.165, 1.54) is 12.1 Å². The molecule has 2 aromatic rings. The quantitative estimate of drug-likeness (QED) is 0.547. The summed E-state index contributed by atoms with van der Waals surface area (Å²) in [6.07, 6.45) is 1.31. The molecule has 2 heterocycles. The molecule has 2 atom stereocenters. The van der Waals surface area contributed by atoms with Crippen molar-refractivity contribution in [3.63, 3.8) is 0 Å². The van der Waals surface area contributed by atoms with Crippen molar-refractivity contribution in [2.75, 3.05) is 36.0 Å². The van der Waals surface area contributed by atoms with Gasteiger partial charge in [0.25, 0.3) is 5.69 Å². The van der Waals surface area contributed by atoms with Gasteiger partial charge < -0.3 is 15.1 Å². The lowest BCUT2D eigenvalue weighted by molar-refractivity contribution is -0.384. The Morgan fingerprint density at radius 1 is 1.22 bits per heavy atom. The van der Waals surface area contributed by atoms with Gasteiger partial charge in [0.05, 0.1) is 22.6 Å². The minimum atomic E-state index is -0.403. The van der Waals surface area contributed by atoms with Gasteiger partial charge in [0, 0.05) is 44.0 Å². The Kier molecular flexibility index (Phi) is 6.30. The van der Waals surface area contributed by atoms with Crippen molar-refractivity contribution in [2.45, 2.75) is 32.7 Å². The molecule has 0 saturated carbocycles. The third-order valence-corrected chi connectivity index (χ3v) is 6.46. The lowest BCUT2D eigenvalue weighted by Gasteiger charge is -2.49. The molecule has 0 radical (unpaired) electrons. The number of nitrogens with zero attached hydrogens (tertiary/aromatic N) is 3. The second kappa shape index (κ2) is 9.14. The van der Waals surface area contributed by atoms with Crippen molar-refractivity contribution in [2.24, 2.45) is 11.8 Å². The van der Waals surface area contributed by atoms with Gasteiger partial charge in [0.2, 0.25) is 5.91 Å². The van der Waals surface area contributed by atoms with Gasteiger partial charge in [0.15, 0.2) is 0 Å². The number of anilines is 2. The highest BCUT2D eigenvalue weighted by Gasteiger charge is 2.42. The maximum Gasteiger partial charge on any atom is 0.269 e. The predicted octanol–water partition coefficient (Wildman–Crippen LogP) is 3.76. The van der Waals surface area contributed by atoms with Crippen molar-refractivity contribution >= 4 is 23.0 Å². The number of halogens is 1. The number of rotatable bonds is 6. The maximum atomic E-state index is 14.5. The number of nitro groups is 1. The number of fused-ring (bicyclic) bond motifs is 3. The van der Waals surface area contributed by atoms with Crippen molar-refractivity contribution in [3.8, 4) is 0 Å². The van der Waals surface area contributed by atoms with E-state index in [2.05, 4.69) is 24.1 Å². The van der Waals surface area contributed by atoms with E-state index in [-0.39, 0.29) is 29.4 Å². The fraction of sp³-hybridized carbons (Fsp3) is 0.458.